The third-order valence-electron chi connectivity index (χ3n) is 3.34. The molecule has 7 nitrogen and oxygen atoms in total. The molecule has 0 unspecified atom stereocenters. The Bertz CT molecular complexity index is 544. The molecule has 0 heterocycles. The van der Waals surface area contributed by atoms with Crippen molar-refractivity contribution in [1.82, 2.24) is 0 Å². The minimum Gasteiger partial charge on any atom is -0.511 e. The van der Waals surface area contributed by atoms with Gasteiger partial charge in [-0.25, -0.2) is 0 Å². The smallest absolute Gasteiger partial charge is 0.325 e. The highest BCUT2D eigenvalue weighted by atomic mass is 16.5. The van der Waals surface area contributed by atoms with E-state index in [4.69, 9.17) is 5.11 Å². The maximum absolute atomic E-state index is 12.3. The number of aliphatic imine (C=N–C) groups is 1. The lowest BCUT2D eigenvalue weighted by atomic mass is 9.73. The largest absolute Gasteiger partial charge is 0.511 e. The van der Waals surface area contributed by atoms with Crippen molar-refractivity contribution in [1.29, 1.82) is 0 Å². The van der Waals surface area contributed by atoms with Crippen molar-refractivity contribution in [3.05, 3.63) is 11.3 Å². The number of methoxy groups -OCH3 is 1. The molecule has 1 fully saturated rings. The van der Waals surface area contributed by atoms with Crippen LogP contribution in [-0.4, -0.2) is 47.3 Å². The number of carboxylic acid groups (broad SMARTS) is 1. The zero-order chi connectivity index (χ0) is 16.9. The molecule has 22 heavy (non-hydrogen) atoms. The molecule has 7 heteroatoms. The van der Waals surface area contributed by atoms with Crippen LogP contribution < -0.4 is 0 Å². The van der Waals surface area contributed by atoms with Crippen molar-refractivity contribution in [3.8, 4) is 0 Å². The van der Waals surface area contributed by atoms with E-state index in [2.05, 4.69) is 9.73 Å². The maximum Gasteiger partial charge on any atom is 0.325 e. The Morgan fingerprint density at radius 1 is 1.23 bits per heavy atom. The molecule has 1 saturated carbocycles. The summed E-state index contributed by atoms with van der Waals surface area (Å²) in [5.74, 6) is -2.14. The predicted octanol–water partition coefficient (Wildman–Crippen LogP) is 1.67. The van der Waals surface area contributed by atoms with Crippen molar-refractivity contribution in [3.63, 3.8) is 0 Å². The number of hydrogen-bond donors (Lipinski definition) is 2. The SMILES string of the molecule is COC(=O)CCC(O)=C1C(=O)CC(C)(C)CC1=NCC(=O)O. The number of aliphatic hydroxyl groups is 1. The molecule has 0 amide bonds. The van der Waals surface area contributed by atoms with Crippen LogP contribution >= 0.6 is 0 Å². The van der Waals surface area contributed by atoms with E-state index >= 15 is 0 Å². The molecule has 0 aromatic carbocycles. The van der Waals surface area contributed by atoms with Gasteiger partial charge < -0.3 is 14.9 Å². The van der Waals surface area contributed by atoms with Crippen LogP contribution in [0, 0.1) is 5.41 Å². The first kappa shape index (κ1) is 17.9. The number of ketones is 1. The van der Waals surface area contributed by atoms with E-state index in [0.29, 0.717) is 6.42 Å². The summed E-state index contributed by atoms with van der Waals surface area (Å²) >= 11 is 0. The van der Waals surface area contributed by atoms with Crippen LogP contribution in [0.1, 0.15) is 39.5 Å². The summed E-state index contributed by atoms with van der Waals surface area (Å²) in [5.41, 5.74) is -0.0175. The minimum absolute atomic E-state index is 0.0414. The van der Waals surface area contributed by atoms with Gasteiger partial charge in [-0.1, -0.05) is 13.8 Å². The highest BCUT2D eigenvalue weighted by Crippen LogP contribution is 2.35. The third kappa shape index (κ3) is 4.98. The Morgan fingerprint density at radius 2 is 1.86 bits per heavy atom. The molecule has 0 aromatic rings. The Labute approximate surface area is 128 Å². The molecule has 0 atom stereocenters. The molecular formula is C15H21NO6. The number of rotatable bonds is 5. The molecule has 1 aliphatic rings. The highest BCUT2D eigenvalue weighted by molar-refractivity contribution is 6.24. The Balaban J connectivity index is 3.09. The van der Waals surface area contributed by atoms with Crippen LogP contribution in [0.4, 0.5) is 0 Å². The van der Waals surface area contributed by atoms with Gasteiger partial charge in [0.1, 0.15) is 12.3 Å². The summed E-state index contributed by atoms with van der Waals surface area (Å²) in [6.45, 7) is 3.29. The zero-order valence-electron chi connectivity index (χ0n) is 13.0. The van der Waals surface area contributed by atoms with Crippen LogP contribution in [-0.2, 0) is 19.1 Å². The minimum atomic E-state index is -1.11. The molecule has 122 valence electrons. The molecule has 0 saturated heterocycles. The second kappa shape index (κ2) is 7.20. The average molecular weight is 311 g/mol. The van der Waals surface area contributed by atoms with Crippen LogP contribution in [0.5, 0.6) is 0 Å². The molecule has 0 aliphatic heterocycles. The highest BCUT2D eigenvalue weighted by Gasteiger charge is 2.36. The number of aliphatic carboxylic acids is 1. The van der Waals surface area contributed by atoms with Gasteiger partial charge >= 0.3 is 11.9 Å². The number of aliphatic hydroxyl groups excluding tert-OH is 1. The molecule has 1 rings (SSSR count). The van der Waals surface area contributed by atoms with Gasteiger partial charge in [0.15, 0.2) is 5.78 Å². The monoisotopic (exact) mass is 311 g/mol. The summed E-state index contributed by atoms with van der Waals surface area (Å²) in [4.78, 5) is 38.0. The lowest BCUT2D eigenvalue weighted by molar-refractivity contribution is -0.140. The number of carbonyl (C=O) groups is 3. The van der Waals surface area contributed by atoms with E-state index in [9.17, 15) is 19.5 Å². The van der Waals surface area contributed by atoms with Gasteiger partial charge in [0, 0.05) is 12.8 Å². The van der Waals surface area contributed by atoms with Crippen molar-refractivity contribution < 1.29 is 29.3 Å². The first-order valence-electron chi connectivity index (χ1n) is 6.94. The number of esters is 1. The lowest BCUT2D eigenvalue weighted by Crippen LogP contribution is -2.33. The summed E-state index contributed by atoms with van der Waals surface area (Å²) < 4.78 is 4.49. The molecule has 0 bridgehead atoms. The van der Waals surface area contributed by atoms with Crippen molar-refractivity contribution in [2.24, 2.45) is 10.4 Å². The van der Waals surface area contributed by atoms with Gasteiger partial charge in [0.05, 0.1) is 24.8 Å². The molecule has 2 N–H and O–H groups in total. The normalized spacial score (nSPS) is 21.6. The second-order valence-electron chi connectivity index (χ2n) is 6.00. The van der Waals surface area contributed by atoms with E-state index in [1.54, 1.807) is 0 Å². The second-order valence-corrected chi connectivity index (χ2v) is 6.00. The summed E-state index contributed by atoms with van der Waals surface area (Å²) in [5, 5.41) is 18.9. The zero-order valence-corrected chi connectivity index (χ0v) is 13.0. The summed E-state index contributed by atoms with van der Waals surface area (Å²) in [6, 6.07) is 0. The van der Waals surface area contributed by atoms with E-state index in [0.717, 1.165) is 0 Å². The fraction of sp³-hybridized carbons (Fsp3) is 0.600. The third-order valence-corrected chi connectivity index (χ3v) is 3.34. The number of nitrogens with zero attached hydrogens (tertiary/aromatic N) is 1. The first-order chi connectivity index (χ1) is 10.2. The first-order valence-corrected chi connectivity index (χ1v) is 6.94. The summed E-state index contributed by atoms with van der Waals surface area (Å²) in [6.07, 6.45) is 0.523. The van der Waals surface area contributed by atoms with E-state index in [-0.39, 0.29) is 47.5 Å². The molecular weight excluding hydrogens is 290 g/mol. The van der Waals surface area contributed by atoms with Crippen LogP contribution in [0.25, 0.3) is 0 Å². The van der Waals surface area contributed by atoms with Crippen LogP contribution in [0.2, 0.25) is 0 Å². The molecule has 0 spiro atoms. The number of carbonyl (C=O) groups excluding carboxylic acids is 2. The number of hydrogen-bond acceptors (Lipinski definition) is 6. The van der Waals surface area contributed by atoms with Crippen molar-refractivity contribution in [2.45, 2.75) is 39.5 Å². The Kier molecular flexibility index (Phi) is 5.84. The molecule has 0 radical (unpaired) electrons. The average Bonchev–Trinajstić information content (AvgIpc) is 2.40. The molecule has 0 aromatic heterocycles. The Hall–Kier alpha value is -2.18. The number of carboxylic acids is 1. The van der Waals surface area contributed by atoms with E-state index in [1.807, 2.05) is 13.8 Å². The van der Waals surface area contributed by atoms with Crippen molar-refractivity contribution >= 4 is 23.4 Å². The number of Topliss-reactive ketones (excluding diaryl/α,β-unsaturated/α-hetero) is 1. The van der Waals surface area contributed by atoms with Gasteiger partial charge in [-0.2, -0.15) is 0 Å². The van der Waals surface area contributed by atoms with E-state index < -0.39 is 18.5 Å². The van der Waals surface area contributed by atoms with E-state index in [1.165, 1.54) is 7.11 Å². The number of allylic oxidation sites excluding steroid dienone is 2. The fourth-order valence-electron chi connectivity index (χ4n) is 2.36. The maximum atomic E-state index is 12.3. The van der Waals surface area contributed by atoms with Crippen LogP contribution in [0.15, 0.2) is 16.3 Å². The topological polar surface area (TPSA) is 113 Å². The predicted molar refractivity (Wildman–Crippen MR) is 78.9 cm³/mol. The fourth-order valence-corrected chi connectivity index (χ4v) is 2.36. The quantitative estimate of drug-likeness (QED) is 0.453. The Morgan fingerprint density at radius 3 is 2.41 bits per heavy atom. The van der Waals surface area contributed by atoms with Gasteiger partial charge in [0.2, 0.25) is 0 Å². The number of ether oxygens (including phenoxy) is 1. The standard InChI is InChI=1S/C15H21NO6/c1-15(2)6-9(16-8-12(19)20)14(11(18)7-15)10(17)4-5-13(21)22-3/h17H,4-8H2,1-3H3,(H,19,20). The molecule has 1 aliphatic carbocycles. The lowest BCUT2D eigenvalue weighted by Gasteiger charge is -2.31. The van der Waals surface area contributed by atoms with Gasteiger partial charge in [-0.15, -0.1) is 0 Å². The van der Waals surface area contributed by atoms with Crippen LogP contribution in [0.3, 0.4) is 0 Å². The van der Waals surface area contributed by atoms with Gasteiger partial charge in [-0.3, -0.25) is 19.4 Å². The van der Waals surface area contributed by atoms with Gasteiger partial charge in [0.25, 0.3) is 0 Å². The van der Waals surface area contributed by atoms with Gasteiger partial charge in [-0.05, 0) is 11.8 Å². The summed E-state index contributed by atoms with van der Waals surface area (Å²) in [7, 11) is 1.24. The van der Waals surface area contributed by atoms with Crippen molar-refractivity contribution in [2.75, 3.05) is 13.7 Å².